The molecule has 3 aromatic carbocycles. The summed E-state index contributed by atoms with van der Waals surface area (Å²) in [4.78, 5) is 303. The minimum Gasteiger partial charge on any atom is -0.481 e. The highest BCUT2D eigenvalue weighted by atomic mass is 33.1. The molecule has 0 aliphatic carbocycles. The number of rotatable bonds is 29. The molecule has 0 spiro atoms. The molecule has 2 saturated heterocycles. The maximum atomic E-state index is 15.9. The van der Waals surface area contributed by atoms with E-state index in [1.807, 2.05) is 0 Å². The van der Waals surface area contributed by atoms with E-state index >= 15 is 38.4 Å². The summed E-state index contributed by atoms with van der Waals surface area (Å²) in [5.74, 6) is -25.8. The maximum absolute atomic E-state index is 15.9. The highest BCUT2D eigenvalue weighted by molar-refractivity contribution is 8.76. The molecular weight excluding hydrogens is 1850 g/mol. The lowest BCUT2D eigenvalue weighted by Gasteiger charge is -2.30. The lowest BCUT2D eigenvalue weighted by molar-refractivity contribution is -0.142. The van der Waals surface area contributed by atoms with E-state index in [-0.39, 0.29) is 76.1 Å². The summed E-state index contributed by atoms with van der Waals surface area (Å²) in [6, 6.07) is -4.42. The number of nitrogens with zero attached hydrogens (tertiary/aromatic N) is 1. The number of aliphatic carboxylic acids is 3. The van der Waals surface area contributed by atoms with Crippen LogP contribution in [-0.2, 0) is 122 Å². The molecular formula is C92H126N22O23S2. The number of aromatic nitrogens is 4. The molecule has 8 rings (SSSR count). The van der Waals surface area contributed by atoms with Crippen LogP contribution < -0.4 is 96.5 Å². The first kappa shape index (κ1) is 110. The summed E-state index contributed by atoms with van der Waals surface area (Å²) in [6.07, 6.45) is -0.917. The Morgan fingerprint density at radius 2 is 0.964 bits per heavy atom. The first-order valence-corrected chi connectivity index (χ1v) is 48.5. The zero-order chi connectivity index (χ0) is 102. The number of primary amides is 1. The largest absolute Gasteiger partial charge is 0.481 e. The number of carbonyl (C=O) groups excluding carboxylic acids is 17. The van der Waals surface area contributed by atoms with Crippen molar-refractivity contribution in [1.29, 1.82) is 0 Å². The smallest absolute Gasteiger partial charge is 0.305 e. The van der Waals surface area contributed by atoms with Crippen LogP contribution in [0.15, 0.2) is 104 Å². The molecule has 0 saturated carbocycles. The number of carboxylic acids is 3. The number of carboxylic acid groups (broad SMARTS) is 3. The second-order valence-electron chi connectivity index (χ2n) is 35.1. The van der Waals surface area contributed by atoms with Crippen LogP contribution in [0.5, 0.6) is 0 Å². The van der Waals surface area contributed by atoms with Crippen molar-refractivity contribution in [2.24, 2.45) is 29.2 Å². The Morgan fingerprint density at radius 1 is 0.489 bits per heavy atom. The average molecular weight is 1970 g/mol. The summed E-state index contributed by atoms with van der Waals surface area (Å²) < 4.78 is 0. The number of carbonyl (C=O) groups is 20. The zero-order valence-electron chi connectivity index (χ0n) is 78.2. The fourth-order valence-corrected chi connectivity index (χ4v) is 17.9. The highest BCUT2D eigenvalue weighted by Crippen LogP contribution is 2.27. The van der Waals surface area contributed by atoms with Crippen LogP contribution in [0.4, 0.5) is 0 Å². The molecule has 17 amide bonds. The number of amides is 17. The molecule has 3 aromatic heterocycles. The molecule has 0 unspecified atom stereocenters. The van der Waals surface area contributed by atoms with Gasteiger partial charge in [0, 0.05) is 110 Å². The summed E-state index contributed by atoms with van der Waals surface area (Å²) in [5, 5.41) is 73.2. The Hall–Kier alpha value is -14.0. The van der Waals surface area contributed by atoms with Crippen LogP contribution >= 0.6 is 21.6 Å². The molecule has 16 atom stereocenters. The van der Waals surface area contributed by atoms with Crippen LogP contribution in [0.1, 0.15) is 161 Å². The molecule has 45 nitrogen and oxygen atoms in total. The number of hydrogen-bond donors (Lipinski definition) is 24. The summed E-state index contributed by atoms with van der Waals surface area (Å²) in [7, 11) is 1.50. The fourth-order valence-electron chi connectivity index (χ4n) is 15.6. The minimum absolute atomic E-state index is 0.00400. The van der Waals surface area contributed by atoms with Gasteiger partial charge in [0.1, 0.15) is 90.6 Å². The van der Waals surface area contributed by atoms with Crippen molar-refractivity contribution in [3.05, 3.63) is 126 Å². The second kappa shape index (κ2) is 54.8. The van der Waals surface area contributed by atoms with Gasteiger partial charge in [0.2, 0.25) is 100 Å². The molecule has 139 heavy (non-hydrogen) atoms. The molecule has 47 heteroatoms. The first-order valence-electron chi connectivity index (χ1n) is 46.0. The topological polar surface area (TPSA) is 707 Å². The number of fused-ring (bicyclic) bond motifs is 5. The van der Waals surface area contributed by atoms with Gasteiger partial charge in [-0.3, -0.25) is 95.9 Å². The van der Waals surface area contributed by atoms with E-state index in [4.69, 9.17) is 11.5 Å². The third kappa shape index (κ3) is 35.2. The van der Waals surface area contributed by atoms with E-state index in [9.17, 15) is 72.9 Å². The molecule has 5 heterocycles. The van der Waals surface area contributed by atoms with Crippen molar-refractivity contribution >= 4 is 162 Å². The number of nitrogens with one attached hydrogen (secondary N) is 19. The highest BCUT2D eigenvalue weighted by Gasteiger charge is 2.42. The third-order valence-electron chi connectivity index (χ3n) is 23.3. The standard InChI is InChI=1S/C92H126N22O23S2/c1-8-49(6)77-92(137)111-67(38-54-43-95-46-99-54)87(132)113-76(48(4)5)91(136)104-60(26-16-18-32-93)79(124)107-66(37-53-42-98-58-25-15-13-23-56(53)58)85(130)103-61(28-30-73(117)118)81(126)108-65(36-52-41-97-57-24-14-12-22-55(52)57)84(129)101-59-27-17-19-33-96-72(116)39-68(86(131)105-63(78(94)123)34-47(2)3)109-82(127)62(29-31-74(119)120)102-83(128)64(35-51-20-10-9-11-21-51)106-90(135)71(112-80(59)125)45-139-138-44-70(100-50(7)115)89(134)110-69(40-75(121)122)88(133)114-77/h9-15,20-25,41-43,46-49,59-71,76-77,97-98H,8,16-19,26-40,44-45,93H2,1-7H3,(H2,94,123)(H,95,99)(H,96,116)(H,100,115)(H,101,129)(H,102,128)(H,103,130)(H,104,136)(H,105,131)(H,106,135)(H,107,124)(H,108,126)(H,109,127)(H,110,134)(H,111,137)(H,112,125)(H,113,132)(H,114,133)(H,117,118)(H,119,120)(H,121,122)/t49-,59-,60-,61-,62-,63-,64-,65-,66-,67-,68-,69-,70-,71-,76-,77-/m0/s1. The lowest BCUT2D eigenvalue weighted by Crippen LogP contribution is -2.62. The summed E-state index contributed by atoms with van der Waals surface area (Å²) >= 11 is 0. The van der Waals surface area contributed by atoms with Crippen LogP contribution in [-0.4, -0.2) is 269 Å². The van der Waals surface area contributed by atoms with Gasteiger partial charge in [0.15, 0.2) is 0 Å². The van der Waals surface area contributed by atoms with Gasteiger partial charge in [0.25, 0.3) is 0 Å². The van der Waals surface area contributed by atoms with Crippen molar-refractivity contribution in [3.63, 3.8) is 0 Å². The van der Waals surface area contributed by atoms with Gasteiger partial charge in [-0.25, -0.2) is 4.98 Å². The number of imidazole rings is 1. The zero-order valence-corrected chi connectivity index (χ0v) is 79.8. The minimum atomic E-state index is -2.03. The molecule has 2 bridgehead atoms. The van der Waals surface area contributed by atoms with Gasteiger partial charge >= 0.3 is 17.9 Å². The Bertz CT molecular complexity index is 5330. The van der Waals surface area contributed by atoms with Gasteiger partial charge in [-0.05, 0) is 111 Å². The van der Waals surface area contributed by atoms with Crippen molar-refractivity contribution in [2.75, 3.05) is 24.6 Å². The number of aromatic amines is 3. The Labute approximate surface area is 808 Å². The average Bonchev–Trinajstić information content (AvgIpc) is 1.69. The monoisotopic (exact) mass is 1970 g/mol. The molecule has 6 aromatic rings. The number of unbranched alkanes of at least 4 members (excludes halogenated alkanes) is 1. The number of hydrogen-bond acceptors (Lipinski definition) is 24. The van der Waals surface area contributed by atoms with E-state index in [2.05, 4.69) is 105 Å². The molecule has 2 fully saturated rings. The Balaban J connectivity index is 1.29. The van der Waals surface area contributed by atoms with E-state index < -0.39 is 290 Å². The molecule has 0 radical (unpaired) electrons. The first-order chi connectivity index (χ1) is 66.2. The normalized spacial score (nSPS) is 23.8. The SMILES string of the molecule is CC[C@H](C)[C@@H]1NC(=O)[C@H](CC(=O)O)NC(=O)[C@@H](NC(C)=O)CSSC[C@@H]2NC(=O)[C@H](CCCCNC(=O)C[C@@H](C(=O)N[C@@H](CC(C)C)C(N)=O)NC(=O)[C@H](CCC(=O)O)NC(=O)[C@H](Cc3ccccc3)NC2=O)NC(=O)[C@H](Cc2c[nH]c3ccccc23)NC(=O)[C@H](CCC(=O)O)NC(=O)[C@H](Cc2c[nH]c3ccccc23)NC(=O)[C@H](CCCCN)NC(=O)[C@H](C(C)C)NC(=O)[C@H](Cc2cnc[nH]2)NC1=O. The van der Waals surface area contributed by atoms with E-state index in [0.717, 1.165) is 28.5 Å². The molecule has 2 aliphatic heterocycles. The van der Waals surface area contributed by atoms with Crippen molar-refractivity contribution < 1.29 is 111 Å². The predicted molar refractivity (Wildman–Crippen MR) is 509 cm³/mol. The van der Waals surface area contributed by atoms with Gasteiger partial charge in [-0.2, -0.15) is 0 Å². The second-order valence-corrected chi connectivity index (χ2v) is 37.6. The van der Waals surface area contributed by atoms with Gasteiger partial charge in [0.05, 0.1) is 19.2 Å². The van der Waals surface area contributed by atoms with Crippen LogP contribution in [0.2, 0.25) is 0 Å². The number of H-pyrrole nitrogens is 3. The molecule has 754 valence electrons. The van der Waals surface area contributed by atoms with E-state index in [0.29, 0.717) is 44.9 Å². The summed E-state index contributed by atoms with van der Waals surface area (Å²) in [5.41, 5.74) is 14.3. The fraction of sp³-hybridized carbons (Fsp3) is 0.511. The third-order valence-corrected chi connectivity index (χ3v) is 25.7. The maximum Gasteiger partial charge on any atom is 0.305 e. The van der Waals surface area contributed by atoms with E-state index in [1.54, 1.807) is 127 Å². The van der Waals surface area contributed by atoms with Crippen LogP contribution in [0.25, 0.3) is 21.8 Å². The Morgan fingerprint density at radius 3 is 1.51 bits per heavy atom. The van der Waals surface area contributed by atoms with Crippen LogP contribution in [0, 0.1) is 17.8 Å². The van der Waals surface area contributed by atoms with Crippen molar-refractivity contribution in [1.82, 2.24) is 105 Å². The predicted octanol–water partition coefficient (Wildman–Crippen LogP) is -1.41. The lowest BCUT2D eigenvalue weighted by atomic mass is 9.96. The molecule has 2 aliphatic rings. The van der Waals surface area contributed by atoms with Crippen molar-refractivity contribution in [3.8, 4) is 0 Å². The number of para-hydroxylation sites is 2. The van der Waals surface area contributed by atoms with Gasteiger partial charge < -0.3 is 127 Å². The Kier molecular flexibility index (Phi) is 43.5. The van der Waals surface area contributed by atoms with Gasteiger partial charge in [-0.1, -0.05) is 136 Å². The van der Waals surface area contributed by atoms with Crippen LogP contribution in [0.3, 0.4) is 0 Å². The van der Waals surface area contributed by atoms with Crippen molar-refractivity contribution in [2.45, 2.75) is 255 Å². The number of benzene rings is 3. The number of nitrogens with two attached hydrogens (primary N) is 2. The van der Waals surface area contributed by atoms with E-state index in [1.165, 1.54) is 18.7 Å². The summed E-state index contributed by atoms with van der Waals surface area (Å²) in [6.45, 7) is 10.7. The van der Waals surface area contributed by atoms with Gasteiger partial charge in [-0.15, -0.1) is 0 Å². The molecule has 26 N–H and O–H groups in total. The quantitative estimate of drug-likeness (QED) is 0.0189.